The third kappa shape index (κ3) is 8.69. The van der Waals surface area contributed by atoms with Crippen LogP contribution in [-0.2, 0) is 39.9 Å². The molecule has 2 amide bonds. The van der Waals surface area contributed by atoms with Gasteiger partial charge in [0, 0.05) is 6.42 Å². The maximum Gasteiger partial charge on any atom is 0.338 e. The lowest BCUT2D eigenvalue weighted by molar-refractivity contribution is -0.266. The molecule has 262 valence electrons. The Bertz CT molecular complexity index is 1720. The van der Waals surface area contributed by atoms with E-state index in [9.17, 15) is 24.0 Å². The van der Waals surface area contributed by atoms with Crippen LogP contribution in [0.25, 0.3) is 0 Å². The number of nitrogens with one attached hydrogen (secondary N) is 1. The van der Waals surface area contributed by atoms with Crippen LogP contribution < -0.4 is 0 Å². The Morgan fingerprint density at radius 3 is 1.96 bits per heavy atom. The van der Waals surface area contributed by atoms with Crippen molar-refractivity contribution in [2.24, 2.45) is 0 Å². The number of carbonyl (C=O) groups is 5. The van der Waals surface area contributed by atoms with Gasteiger partial charge in [-0.2, -0.15) is 0 Å². The molecule has 2 aliphatic heterocycles. The zero-order valence-corrected chi connectivity index (χ0v) is 28.7. The Kier molecular flexibility index (Phi) is 11.9. The normalized spacial score (nSPS) is 21.7. The van der Waals surface area contributed by atoms with Crippen LogP contribution in [-0.4, -0.2) is 81.4 Å². The maximum atomic E-state index is 13.9. The molecule has 0 radical (unpaired) electrons. The fourth-order valence-corrected chi connectivity index (χ4v) is 5.59. The van der Waals surface area contributed by atoms with Crippen molar-refractivity contribution in [1.82, 2.24) is 4.90 Å². The predicted molar refractivity (Wildman–Crippen MR) is 180 cm³/mol. The standard InChI is InChI=1S/C35H31Cl3N2O10/c1-20(41)16-17-26(42)48-28-25(19-46-18-21-10-4-2-5-11-21)47-33(50-34(39)35(36,37)38)27(29(28)49-32(45)22-12-6-3-7-13-22)40-30(43)23-14-8-9-15-24(23)31(40)44/h2-15,25,27-29,33,39H,16-19H2,1H3/t25-,27-,28-,29-,33?/m1/s1. The van der Waals surface area contributed by atoms with Crippen molar-refractivity contribution in [3.05, 3.63) is 107 Å². The summed E-state index contributed by atoms with van der Waals surface area (Å²) < 4.78 is 27.3. The van der Waals surface area contributed by atoms with Gasteiger partial charge in [-0.25, -0.2) is 4.79 Å². The zero-order valence-electron chi connectivity index (χ0n) is 26.5. The van der Waals surface area contributed by atoms with Gasteiger partial charge in [0.15, 0.2) is 12.2 Å². The van der Waals surface area contributed by atoms with E-state index in [1.54, 1.807) is 30.3 Å². The second-order valence-corrected chi connectivity index (χ2v) is 13.7. The largest absolute Gasteiger partial charge is 0.455 e. The molecule has 0 aromatic heterocycles. The monoisotopic (exact) mass is 744 g/mol. The minimum atomic E-state index is -2.42. The SMILES string of the molecule is CC(=O)CCC(=O)O[C@H]1[C@H](OC(=O)c2ccccc2)[C@@H](N2C(=O)c3ccccc3C2=O)C(OC(=N)C(Cl)(Cl)Cl)O[C@@H]1COCc1ccccc1. The average molecular weight is 746 g/mol. The van der Waals surface area contributed by atoms with Crippen LogP contribution >= 0.6 is 34.8 Å². The third-order valence-electron chi connectivity index (χ3n) is 7.82. The summed E-state index contributed by atoms with van der Waals surface area (Å²) in [6, 6.07) is 21.2. The van der Waals surface area contributed by atoms with E-state index in [1.807, 2.05) is 30.3 Å². The summed E-state index contributed by atoms with van der Waals surface area (Å²) in [4.78, 5) is 67.2. The molecule has 2 aliphatic rings. The number of alkyl halides is 3. The number of ether oxygens (including phenoxy) is 5. The third-order valence-corrected chi connectivity index (χ3v) is 8.34. The second-order valence-electron chi connectivity index (χ2n) is 11.4. The van der Waals surface area contributed by atoms with Crippen molar-refractivity contribution < 1.29 is 47.7 Å². The highest BCUT2D eigenvalue weighted by atomic mass is 35.6. The lowest BCUT2D eigenvalue weighted by Gasteiger charge is -2.47. The van der Waals surface area contributed by atoms with Gasteiger partial charge in [0.25, 0.3) is 15.6 Å². The number of hydrogen-bond donors (Lipinski definition) is 1. The molecule has 15 heteroatoms. The molecular weight excluding hydrogens is 715 g/mol. The molecule has 1 N–H and O–H groups in total. The first-order chi connectivity index (χ1) is 23.8. The molecule has 12 nitrogen and oxygen atoms in total. The number of imide groups is 1. The molecule has 2 heterocycles. The first kappa shape index (κ1) is 36.9. The summed E-state index contributed by atoms with van der Waals surface area (Å²) >= 11 is 17.9. The quantitative estimate of drug-likeness (QED) is 0.0830. The van der Waals surface area contributed by atoms with Crippen molar-refractivity contribution in [3.63, 3.8) is 0 Å². The Morgan fingerprint density at radius 2 is 1.38 bits per heavy atom. The Balaban J connectivity index is 1.60. The molecule has 1 unspecified atom stereocenters. The lowest BCUT2D eigenvalue weighted by Crippen LogP contribution is -2.68. The van der Waals surface area contributed by atoms with Crippen LogP contribution in [0.2, 0.25) is 0 Å². The van der Waals surface area contributed by atoms with Crippen LogP contribution in [0.3, 0.4) is 0 Å². The molecule has 3 aromatic rings. The Morgan fingerprint density at radius 1 is 0.800 bits per heavy atom. The molecular formula is C35H31Cl3N2O10. The summed E-state index contributed by atoms with van der Waals surface area (Å²) in [7, 11) is 0. The number of esters is 2. The highest BCUT2D eigenvalue weighted by molar-refractivity contribution is 6.76. The van der Waals surface area contributed by atoms with Crippen molar-refractivity contribution in [1.29, 1.82) is 5.41 Å². The van der Waals surface area contributed by atoms with Gasteiger partial charge < -0.3 is 28.5 Å². The maximum absolute atomic E-state index is 13.9. The molecule has 1 saturated heterocycles. The van der Waals surface area contributed by atoms with Crippen LogP contribution in [0.5, 0.6) is 0 Å². The second kappa shape index (κ2) is 16.1. The van der Waals surface area contributed by atoms with Crippen LogP contribution in [0.1, 0.15) is 56.4 Å². The van der Waals surface area contributed by atoms with E-state index in [-0.39, 0.29) is 48.5 Å². The number of carbonyl (C=O) groups excluding carboxylic acids is 5. The molecule has 3 aromatic carbocycles. The van der Waals surface area contributed by atoms with Crippen LogP contribution in [0.15, 0.2) is 84.9 Å². The summed E-state index contributed by atoms with van der Waals surface area (Å²) in [6.07, 6.45) is -6.85. The minimum Gasteiger partial charge on any atom is -0.455 e. The lowest BCUT2D eigenvalue weighted by atomic mass is 9.94. The number of hydrogen-bond acceptors (Lipinski definition) is 11. The highest BCUT2D eigenvalue weighted by Crippen LogP contribution is 2.38. The number of benzene rings is 3. The molecule has 50 heavy (non-hydrogen) atoms. The van der Waals surface area contributed by atoms with Gasteiger partial charge in [0.2, 0.25) is 12.2 Å². The first-order valence-corrected chi connectivity index (χ1v) is 16.5. The summed E-state index contributed by atoms with van der Waals surface area (Å²) in [5, 5.41) is 8.34. The molecule has 1 fully saturated rings. The van der Waals surface area contributed by atoms with E-state index >= 15 is 0 Å². The number of halogens is 3. The summed E-state index contributed by atoms with van der Waals surface area (Å²) in [5.74, 6) is -4.62. The van der Waals surface area contributed by atoms with Crippen LogP contribution in [0, 0.1) is 5.41 Å². The number of rotatable bonds is 12. The first-order valence-electron chi connectivity index (χ1n) is 15.4. The highest BCUT2D eigenvalue weighted by Gasteiger charge is 2.58. The fourth-order valence-electron chi connectivity index (χ4n) is 5.45. The van der Waals surface area contributed by atoms with E-state index in [1.165, 1.54) is 31.2 Å². The molecule has 5 atom stereocenters. The van der Waals surface area contributed by atoms with Gasteiger partial charge >= 0.3 is 11.9 Å². The number of nitrogens with zero attached hydrogens (tertiary/aromatic N) is 1. The average Bonchev–Trinajstić information content (AvgIpc) is 3.34. The van der Waals surface area contributed by atoms with Crippen molar-refractivity contribution in [2.45, 2.75) is 60.8 Å². The molecule has 0 aliphatic carbocycles. The number of amides is 2. The van der Waals surface area contributed by atoms with Crippen molar-refractivity contribution in [2.75, 3.05) is 6.61 Å². The van der Waals surface area contributed by atoms with Gasteiger partial charge in [-0.05, 0) is 36.8 Å². The summed E-state index contributed by atoms with van der Waals surface area (Å²) in [5.41, 5.74) is 0.943. The van der Waals surface area contributed by atoms with E-state index in [2.05, 4.69) is 0 Å². The van der Waals surface area contributed by atoms with Gasteiger partial charge in [-0.1, -0.05) is 95.5 Å². The number of Topliss-reactive ketones (excluding diaryl/α,β-unsaturated/α-hetero) is 1. The Labute approximate surface area is 301 Å². The van der Waals surface area contributed by atoms with Gasteiger partial charge in [-0.3, -0.25) is 24.7 Å². The molecule has 0 spiro atoms. The van der Waals surface area contributed by atoms with E-state index in [0.717, 1.165) is 10.5 Å². The van der Waals surface area contributed by atoms with Gasteiger partial charge in [0.1, 0.15) is 17.9 Å². The van der Waals surface area contributed by atoms with Gasteiger partial charge in [0.05, 0.1) is 36.3 Å². The molecule has 5 rings (SSSR count). The topological polar surface area (TPSA) is 159 Å². The van der Waals surface area contributed by atoms with E-state index in [4.69, 9.17) is 63.9 Å². The van der Waals surface area contributed by atoms with Crippen LogP contribution in [0.4, 0.5) is 0 Å². The van der Waals surface area contributed by atoms with Crippen molar-refractivity contribution in [3.8, 4) is 0 Å². The predicted octanol–water partition coefficient (Wildman–Crippen LogP) is 5.46. The minimum absolute atomic E-state index is 0.0316. The fraction of sp³-hybridized carbons (Fsp3) is 0.314. The van der Waals surface area contributed by atoms with E-state index in [0.29, 0.717) is 0 Å². The molecule has 0 bridgehead atoms. The summed E-state index contributed by atoms with van der Waals surface area (Å²) in [6.45, 7) is 1.08. The number of ketones is 1. The van der Waals surface area contributed by atoms with Gasteiger partial charge in [-0.15, -0.1) is 0 Å². The smallest absolute Gasteiger partial charge is 0.338 e. The number of fused-ring (bicyclic) bond motifs is 1. The molecule has 0 saturated carbocycles. The van der Waals surface area contributed by atoms with E-state index < -0.39 is 64.1 Å². The van der Waals surface area contributed by atoms with Crippen molar-refractivity contribution >= 4 is 70.2 Å². The Hall–Kier alpha value is -4.33. The zero-order chi connectivity index (χ0) is 36.0.